The van der Waals surface area contributed by atoms with Crippen LogP contribution >= 0.6 is 11.3 Å². The number of fused-ring (bicyclic) bond motifs is 4. The van der Waals surface area contributed by atoms with Gasteiger partial charge in [0.25, 0.3) is 11.8 Å². The van der Waals surface area contributed by atoms with E-state index in [2.05, 4.69) is 20.5 Å². The molecule has 1 aliphatic heterocycles. The Morgan fingerprint density at radius 2 is 1.23 bits per heavy atom. The quantitative estimate of drug-likeness (QED) is 0.149. The molecule has 0 radical (unpaired) electrons. The maximum Gasteiger partial charge on any atom is 0.416 e. The molecule has 0 spiro atoms. The first-order valence-corrected chi connectivity index (χ1v) is 21.4. The van der Waals surface area contributed by atoms with Gasteiger partial charge < -0.3 is 15.5 Å². The van der Waals surface area contributed by atoms with E-state index in [1.807, 2.05) is 77.1 Å². The molecule has 2 amide bonds. The number of likely N-dealkylation sites (tertiary alicyclic amines) is 1. The highest BCUT2D eigenvalue weighted by Gasteiger charge is 2.31. The van der Waals surface area contributed by atoms with Crippen molar-refractivity contribution >= 4 is 54.9 Å². The number of benzene rings is 6. The fourth-order valence-corrected chi connectivity index (χ4v) is 8.26. The Hall–Kier alpha value is -5.79. The van der Waals surface area contributed by atoms with Crippen molar-refractivity contribution in [3.05, 3.63) is 137 Å². The number of aromatic nitrogens is 1. The molecule has 0 saturated carbocycles. The van der Waals surface area contributed by atoms with Crippen LogP contribution < -0.4 is 10.6 Å². The van der Waals surface area contributed by atoms with Gasteiger partial charge in [-0.25, -0.2) is 4.98 Å². The van der Waals surface area contributed by atoms with E-state index in [1.165, 1.54) is 48.4 Å². The summed E-state index contributed by atoms with van der Waals surface area (Å²) in [6.07, 6.45) is -6.30. The summed E-state index contributed by atoms with van der Waals surface area (Å²) in [7, 11) is 0. The third-order valence-corrected chi connectivity index (χ3v) is 11.2. The Kier molecular flexibility index (Phi) is 14.4. The first-order valence-electron chi connectivity index (χ1n) is 20.6. The Morgan fingerprint density at radius 3 is 1.81 bits per heavy atom. The van der Waals surface area contributed by atoms with Crippen LogP contribution in [0.2, 0.25) is 0 Å². The molecular formula is C49H52F6N4O2S. The largest absolute Gasteiger partial charge is 0.416 e. The molecule has 328 valence electrons. The lowest BCUT2D eigenvalue weighted by Crippen LogP contribution is -2.41. The van der Waals surface area contributed by atoms with Gasteiger partial charge in [-0.05, 0) is 140 Å². The molecule has 13 heteroatoms. The number of hydrogen-bond acceptors (Lipinski definition) is 5. The molecule has 1 atom stereocenters. The third-order valence-electron chi connectivity index (χ3n) is 10.4. The van der Waals surface area contributed by atoms with Gasteiger partial charge in [0.15, 0.2) is 0 Å². The Balaban J connectivity index is 0.000000263. The normalized spacial score (nSPS) is 13.7. The summed E-state index contributed by atoms with van der Waals surface area (Å²) in [6, 6.07) is 28.7. The van der Waals surface area contributed by atoms with Gasteiger partial charge in [-0.1, -0.05) is 68.4 Å². The third kappa shape index (κ3) is 10.8. The molecule has 6 nitrogen and oxygen atoms in total. The molecule has 7 aromatic rings. The van der Waals surface area contributed by atoms with E-state index in [4.69, 9.17) is 0 Å². The summed E-state index contributed by atoms with van der Waals surface area (Å²) in [5, 5.41) is 9.34. The number of rotatable bonds is 8. The van der Waals surface area contributed by atoms with Crippen molar-refractivity contribution in [2.24, 2.45) is 0 Å². The van der Waals surface area contributed by atoms with Crippen LogP contribution in [0.25, 0.3) is 54.0 Å². The number of amides is 2. The fraction of sp³-hybridized carbons (Fsp3) is 0.286. The summed E-state index contributed by atoms with van der Waals surface area (Å²) < 4.78 is 78.2. The van der Waals surface area contributed by atoms with Gasteiger partial charge in [0, 0.05) is 38.0 Å². The van der Waals surface area contributed by atoms with Gasteiger partial charge in [0.1, 0.15) is 0 Å². The minimum absolute atomic E-state index is 0. The van der Waals surface area contributed by atoms with E-state index in [-0.39, 0.29) is 26.8 Å². The second kappa shape index (κ2) is 19.5. The lowest BCUT2D eigenvalue weighted by molar-refractivity contribution is -0.138. The smallest absolute Gasteiger partial charge is 0.350 e. The van der Waals surface area contributed by atoms with Crippen LogP contribution in [-0.4, -0.2) is 53.4 Å². The summed E-state index contributed by atoms with van der Waals surface area (Å²) in [4.78, 5) is 31.9. The molecule has 1 fully saturated rings. The average molecular weight is 875 g/mol. The molecule has 0 aliphatic carbocycles. The van der Waals surface area contributed by atoms with Gasteiger partial charge in [0.2, 0.25) is 0 Å². The van der Waals surface area contributed by atoms with Crippen LogP contribution in [0.5, 0.6) is 0 Å². The highest BCUT2D eigenvalue weighted by atomic mass is 32.1. The van der Waals surface area contributed by atoms with E-state index in [0.29, 0.717) is 22.3 Å². The van der Waals surface area contributed by atoms with Crippen molar-refractivity contribution in [2.75, 3.05) is 19.6 Å². The molecule has 0 bridgehead atoms. The predicted octanol–water partition coefficient (Wildman–Crippen LogP) is 13.5. The van der Waals surface area contributed by atoms with Gasteiger partial charge in [0.05, 0.1) is 26.9 Å². The maximum atomic E-state index is 12.9. The predicted molar refractivity (Wildman–Crippen MR) is 243 cm³/mol. The molecule has 1 saturated heterocycles. The van der Waals surface area contributed by atoms with E-state index >= 15 is 0 Å². The molecule has 6 aromatic carbocycles. The molecule has 62 heavy (non-hydrogen) atoms. The van der Waals surface area contributed by atoms with Crippen LogP contribution in [0.3, 0.4) is 0 Å². The van der Waals surface area contributed by atoms with Crippen LogP contribution in [-0.2, 0) is 12.4 Å². The minimum Gasteiger partial charge on any atom is -0.350 e. The second-order valence-electron chi connectivity index (χ2n) is 15.3. The van der Waals surface area contributed by atoms with E-state index in [9.17, 15) is 35.9 Å². The van der Waals surface area contributed by atoms with Crippen molar-refractivity contribution in [1.82, 2.24) is 20.5 Å². The molecule has 2 N–H and O–H groups in total. The monoisotopic (exact) mass is 874 g/mol. The summed E-state index contributed by atoms with van der Waals surface area (Å²) in [5.74, 6) is -0.293. The van der Waals surface area contributed by atoms with Gasteiger partial charge in [-0.15, -0.1) is 11.3 Å². The van der Waals surface area contributed by atoms with E-state index < -0.39 is 23.5 Å². The SMILES string of the molecule is CC.CC(C)NC(=O)c1ccc2c(-c3ccc(C(F)(F)F)cc3)cc3scnc3c2c1.C[C@H](CN1CCCC1)NC(=O)c1ccc2c(-c3ccc(C(F)(F)F)cc3)cccc2c1.[HH].[HH]. The molecule has 1 aromatic heterocycles. The zero-order valence-corrected chi connectivity index (χ0v) is 35.9. The van der Waals surface area contributed by atoms with E-state index in [0.717, 1.165) is 86.8 Å². The summed E-state index contributed by atoms with van der Waals surface area (Å²) in [5.41, 5.74) is 5.27. The number of thiazole rings is 1. The number of alkyl halides is 6. The highest BCUT2D eigenvalue weighted by molar-refractivity contribution is 7.16. The lowest BCUT2D eigenvalue weighted by Gasteiger charge is -2.21. The molecule has 0 unspecified atom stereocenters. The first kappa shape index (κ1) is 45.7. The summed E-state index contributed by atoms with van der Waals surface area (Å²) in [6.45, 7) is 12.8. The fourth-order valence-electron chi connectivity index (χ4n) is 7.53. The van der Waals surface area contributed by atoms with Crippen molar-refractivity contribution < 1.29 is 38.8 Å². The van der Waals surface area contributed by atoms with Gasteiger partial charge >= 0.3 is 12.4 Å². The molecule has 2 heterocycles. The van der Waals surface area contributed by atoms with Crippen LogP contribution in [0.15, 0.2) is 115 Å². The number of carbonyl (C=O) groups is 2. The van der Waals surface area contributed by atoms with Gasteiger partial charge in [-0.2, -0.15) is 26.3 Å². The molecular weight excluding hydrogens is 823 g/mol. The summed E-state index contributed by atoms with van der Waals surface area (Å²) >= 11 is 1.45. The van der Waals surface area contributed by atoms with Crippen molar-refractivity contribution in [3.63, 3.8) is 0 Å². The number of nitrogens with one attached hydrogen (secondary N) is 2. The van der Waals surface area contributed by atoms with E-state index in [1.54, 1.807) is 23.7 Å². The Morgan fingerprint density at radius 1 is 0.677 bits per heavy atom. The van der Waals surface area contributed by atoms with Crippen molar-refractivity contribution in [1.29, 1.82) is 0 Å². The van der Waals surface area contributed by atoms with Crippen molar-refractivity contribution in [2.45, 2.75) is 71.9 Å². The van der Waals surface area contributed by atoms with Gasteiger partial charge in [-0.3, -0.25) is 9.59 Å². The first-order chi connectivity index (χ1) is 29.5. The highest BCUT2D eigenvalue weighted by Crippen LogP contribution is 2.38. The lowest BCUT2D eigenvalue weighted by atomic mass is 9.95. The number of halogens is 6. The number of carbonyl (C=O) groups excluding carboxylic acids is 2. The van der Waals surface area contributed by atoms with Crippen molar-refractivity contribution in [3.8, 4) is 22.3 Å². The van der Waals surface area contributed by atoms with Crippen LogP contribution in [0, 0.1) is 0 Å². The topological polar surface area (TPSA) is 74.3 Å². The van der Waals surface area contributed by atoms with Crippen LogP contribution in [0.4, 0.5) is 26.3 Å². The molecule has 8 rings (SSSR count). The average Bonchev–Trinajstić information content (AvgIpc) is 3.96. The Labute approximate surface area is 363 Å². The second-order valence-corrected chi connectivity index (χ2v) is 16.2. The molecule has 1 aliphatic rings. The number of nitrogens with zero attached hydrogens (tertiary/aromatic N) is 2. The number of hydrogen-bond donors (Lipinski definition) is 2. The Bertz CT molecular complexity index is 2660. The van der Waals surface area contributed by atoms with Crippen LogP contribution in [0.1, 0.15) is 82.2 Å². The minimum atomic E-state index is -4.37. The standard InChI is InChI=1S/C25H25F3N2O.C22H17F3N2OS.C2H6.2H2/c1-17(16-30-13-2-3-14-30)29-24(31)20-9-12-23-19(15-20)5-4-6-22(23)18-7-10-21(11-8-18)25(26,27)28;1-12(2)27-21(28)14-5-8-16-17(10-19-20(18(16)9-14)26-11-29-19)13-3-6-15(7-4-13)22(23,24)25;1-2;;/h4-12,15,17H,2-3,13-14,16H2,1H3,(H,29,31);3-12H,1-2H3,(H,27,28);1-2H3;2*1H/t17-;;;;/m1..../s1. The zero-order valence-electron chi connectivity index (χ0n) is 35.0. The maximum absolute atomic E-state index is 12.9. The zero-order chi connectivity index (χ0) is 44.8.